The summed E-state index contributed by atoms with van der Waals surface area (Å²) < 4.78 is 0. The maximum Gasteiger partial charge on any atom is 0.137 e. The molecule has 1 N–H and O–H groups in total. The highest BCUT2D eigenvalue weighted by Gasteiger charge is 2.20. The summed E-state index contributed by atoms with van der Waals surface area (Å²) in [6.45, 7) is 11.2. The van der Waals surface area contributed by atoms with Crippen LogP contribution in [0.1, 0.15) is 48.8 Å². The first-order valence-corrected chi connectivity index (χ1v) is 8.36. The summed E-state index contributed by atoms with van der Waals surface area (Å²) in [6, 6.07) is 4.35. The molecule has 0 aliphatic rings. The number of thiophene rings is 1. The van der Waals surface area contributed by atoms with Gasteiger partial charge in [0.05, 0.1) is 6.54 Å². The first-order valence-electron chi connectivity index (χ1n) is 7.17. The third-order valence-electron chi connectivity index (χ3n) is 3.25. The topological polar surface area (TPSA) is 37.8 Å². The minimum Gasteiger partial charge on any atom is -0.365 e. The quantitative estimate of drug-likeness (QED) is 0.807. The normalized spacial score (nSPS) is 11.7. The van der Waals surface area contributed by atoms with Crippen LogP contribution in [0.15, 0.2) is 12.1 Å². The molecular formula is C16H22ClN3S. The molecule has 2 aromatic rings. The maximum absolute atomic E-state index is 6.24. The zero-order chi connectivity index (χ0) is 15.6. The molecule has 3 nitrogen and oxygen atoms in total. The van der Waals surface area contributed by atoms with Crippen LogP contribution < -0.4 is 5.32 Å². The van der Waals surface area contributed by atoms with Crippen LogP contribution in [0, 0.1) is 6.92 Å². The van der Waals surface area contributed by atoms with Crippen molar-refractivity contribution in [3.8, 4) is 0 Å². The van der Waals surface area contributed by atoms with Gasteiger partial charge in [-0.3, -0.25) is 0 Å². The molecule has 0 amide bonds. The van der Waals surface area contributed by atoms with Crippen LogP contribution in [0.3, 0.4) is 0 Å². The minimum atomic E-state index is -0.119. The van der Waals surface area contributed by atoms with Crippen LogP contribution in [0.25, 0.3) is 0 Å². The van der Waals surface area contributed by atoms with Gasteiger partial charge in [0, 0.05) is 20.7 Å². The predicted molar refractivity (Wildman–Crippen MR) is 91.5 cm³/mol. The SMILES string of the molecule is CCc1ccc(CNc2nc(C(C)(C)C)nc(Cl)c2C)s1. The lowest BCUT2D eigenvalue weighted by Gasteiger charge is -2.19. The smallest absolute Gasteiger partial charge is 0.137 e. The van der Waals surface area contributed by atoms with Crippen molar-refractivity contribution >= 4 is 28.8 Å². The van der Waals surface area contributed by atoms with E-state index in [-0.39, 0.29) is 5.41 Å². The van der Waals surface area contributed by atoms with Crippen molar-refractivity contribution in [1.82, 2.24) is 9.97 Å². The highest BCUT2D eigenvalue weighted by Crippen LogP contribution is 2.27. The summed E-state index contributed by atoms with van der Waals surface area (Å²) in [5.41, 5.74) is 0.781. The van der Waals surface area contributed by atoms with Crippen molar-refractivity contribution in [1.29, 1.82) is 0 Å². The zero-order valence-corrected chi connectivity index (χ0v) is 14.8. The summed E-state index contributed by atoms with van der Waals surface area (Å²) in [4.78, 5) is 11.7. The van der Waals surface area contributed by atoms with Gasteiger partial charge in [0.25, 0.3) is 0 Å². The maximum atomic E-state index is 6.24. The van der Waals surface area contributed by atoms with E-state index in [0.29, 0.717) is 5.15 Å². The Bertz CT molecular complexity index is 629. The second-order valence-electron chi connectivity index (χ2n) is 6.14. The number of hydrogen-bond donors (Lipinski definition) is 1. The molecule has 0 spiro atoms. The van der Waals surface area contributed by atoms with Gasteiger partial charge >= 0.3 is 0 Å². The van der Waals surface area contributed by atoms with E-state index in [2.05, 4.69) is 55.1 Å². The molecule has 0 aliphatic heterocycles. The van der Waals surface area contributed by atoms with E-state index >= 15 is 0 Å². The molecule has 2 heterocycles. The molecule has 0 aromatic carbocycles. The predicted octanol–water partition coefficient (Wildman–Crippen LogP) is 4.97. The molecule has 0 saturated carbocycles. The molecule has 0 unspecified atom stereocenters. The Morgan fingerprint density at radius 2 is 1.86 bits per heavy atom. The van der Waals surface area contributed by atoms with E-state index in [0.717, 1.165) is 30.2 Å². The van der Waals surface area contributed by atoms with Crippen LogP contribution in [-0.4, -0.2) is 9.97 Å². The fraction of sp³-hybridized carbons (Fsp3) is 0.500. The summed E-state index contributed by atoms with van der Waals surface area (Å²) in [5.74, 6) is 1.59. The number of nitrogens with zero attached hydrogens (tertiary/aromatic N) is 2. The zero-order valence-electron chi connectivity index (χ0n) is 13.2. The summed E-state index contributed by atoms with van der Waals surface area (Å²) >= 11 is 8.08. The molecule has 0 bridgehead atoms. The van der Waals surface area contributed by atoms with E-state index in [1.54, 1.807) is 0 Å². The van der Waals surface area contributed by atoms with Crippen molar-refractivity contribution in [3.05, 3.63) is 38.4 Å². The lowest BCUT2D eigenvalue weighted by Crippen LogP contribution is -2.18. The van der Waals surface area contributed by atoms with Crippen LogP contribution in [0.2, 0.25) is 5.15 Å². The van der Waals surface area contributed by atoms with Crippen molar-refractivity contribution in [2.45, 2.75) is 53.0 Å². The number of nitrogens with one attached hydrogen (secondary N) is 1. The van der Waals surface area contributed by atoms with Gasteiger partial charge in [0.1, 0.15) is 16.8 Å². The highest BCUT2D eigenvalue weighted by molar-refractivity contribution is 7.12. The van der Waals surface area contributed by atoms with Crippen molar-refractivity contribution < 1.29 is 0 Å². The van der Waals surface area contributed by atoms with Crippen molar-refractivity contribution in [3.63, 3.8) is 0 Å². The summed E-state index contributed by atoms with van der Waals surface area (Å²) in [7, 11) is 0. The lowest BCUT2D eigenvalue weighted by molar-refractivity contribution is 0.545. The van der Waals surface area contributed by atoms with Gasteiger partial charge in [0.15, 0.2) is 0 Å². The van der Waals surface area contributed by atoms with Crippen LogP contribution in [-0.2, 0) is 18.4 Å². The molecule has 2 rings (SSSR count). The van der Waals surface area contributed by atoms with Crippen LogP contribution in [0.5, 0.6) is 0 Å². The monoisotopic (exact) mass is 323 g/mol. The van der Waals surface area contributed by atoms with Gasteiger partial charge in [-0.15, -0.1) is 11.3 Å². The molecule has 0 aliphatic carbocycles. The molecule has 0 atom stereocenters. The number of hydrogen-bond acceptors (Lipinski definition) is 4. The second kappa shape index (κ2) is 6.32. The number of rotatable bonds is 4. The Balaban J connectivity index is 2.21. The van der Waals surface area contributed by atoms with Gasteiger partial charge in [-0.05, 0) is 25.5 Å². The number of halogens is 1. The Kier molecular flexibility index (Phi) is 4.89. The summed E-state index contributed by atoms with van der Waals surface area (Å²) in [5, 5.41) is 3.92. The van der Waals surface area contributed by atoms with E-state index in [4.69, 9.17) is 11.6 Å². The average Bonchev–Trinajstić information content (AvgIpc) is 2.87. The average molecular weight is 324 g/mol. The second-order valence-corrected chi connectivity index (χ2v) is 7.75. The highest BCUT2D eigenvalue weighted by atomic mass is 35.5. The Hall–Kier alpha value is -1.13. The van der Waals surface area contributed by atoms with Gasteiger partial charge in [-0.25, -0.2) is 9.97 Å². The third-order valence-corrected chi connectivity index (χ3v) is 4.85. The molecule has 0 fully saturated rings. The minimum absolute atomic E-state index is 0.119. The Labute approximate surface area is 135 Å². The van der Waals surface area contributed by atoms with Crippen molar-refractivity contribution in [2.75, 3.05) is 5.32 Å². The molecular weight excluding hydrogens is 302 g/mol. The van der Waals surface area contributed by atoms with E-state index in [1.165, 1.54) is 9.75 Å². The standard InChI is InChI=1S/C16H22ClN3S/c1-6-11-7-8-12(21-11)9-18-14-10(2)13(17)19-15(20-14)16(3,4)5/h7-8H,6,9H2,1-5H3,(H,18,19,20). The van der Waals surface area contributed by atoms with E-state index in [9.17, 15) is 0 Å². The fourth-order valence-electron chi connectivity index (χ4n) is 1.87. The van der Waals surface area contributed by atoms with Gasteiger partial charge in [0.2, 0.25) is 0 Å². The summed E-state index contributed by atoms with van der Waals surface area (Å²) in [6.07, 6.45) is 1.08. The molecule has 0 saturated heterocycles. The van der Waals surface area contributed by atoms with Crippen molar-refractivity contribution in [2.24, 2.45) is 0 Å². The first-order chi connectivity index (χ1) is 9.81. The molecule has 114 valence electrons. The Morgan fingerprint density at radius 1 is 1.19 bits per heavy atom. The van der Waals surface area contributed by atoms with Crippen LogP contribution in [0.4, 0.5) is 5.82 Å². The fourth-order valence-corrected chi connectivity index (χ4v) is 2.94. The number of aromatic nitrogens is 2. The number of aryl methyl sites for hydroxylation is 1. The lowest BCUT2D eigenvalue weighted by atomic mass is 9.95. The van der Waals surface area contributed by atoms with Gasteiger partial charge in [-0.2, -0.15) is 0 Å². The number of anilines is 1. The Morgan fingerprint density at radius 3 is 2.43 bits per heavy atom. The third kappa shape index (κ3) is 3.95. The van der Waals surface area contributed by atoms with Gasteiger partial charge in [-0.1, -0.05) is 39.3 Å². The first kappa shape index (κ1) is 16.2. The van der Waals surface area contributed by atoms with Crippen LogP contribution >= 0.6 is 22.9 Å². The van der Waals surface area contributed by atoms with E-state index < -0.39 is 0 Å². The van der Waals surface area contributed by atoms with E-state index in [1.807, 2.05) is 18.3 Å². The molecule has 2 aromatic heterocycles. The molecule has 5 heteroatoms. The van der Waals surface area contributed by atoms with Gasteiger partial charge < -0.3 is 5.32 Å². The molecule has 21 heavy (non-hydrogen) atoms. The largest absolute Gasteiger partial charge is 0.365 e. The molecule has 0 radical (unpaired) electrons.